The van der Waals surface area contributed by atoms with Crippen molar-refractivity contribution in [3.05, 3.63) is 23.3 Å². The molecule has 0 aliphatic heterocycles. The maximum Gasteiger partial charge on any atom is 0.0663 e. The monoisotopic (exact) mass is 254 g/mol. The van der Waals surface area contributed by atoms with Crippen LogP contribution in [0.5, 0.6) is 0 Å². The van der Waals surface area contributed by atoms with Crippen LogP contribution < -0.4 is 0 Å². The summed E-state index contributed by atoms with van der Waals surface area (Å²) < 4.78 is 0. The average molecular weight is 254 g/mol. The zero-order chi connectivity index (χ0) is 13.6. The Morgan fingerprint density at radius 2 is 2.11 bits per heavy atom. The van der Waals surface area contributed by atoms with Crippen LogP contribution in [0.15, 0.2) is 23.3 Å². The van der Waals surface area contributed by atoms with Gasteiger partial charge in [-0.15, -0.1) is 0 Å². The number of allylic oxidation sites excluding steroid dienone is 3. The predicted molar refractivity (Wildman–Crippen MR) is 73.2 cm³/mol. The highest BCUT2D eigenvalue weighted by atomic mass is 16.3. The molecule has 0 aromatic rings. The summed E-state index contributed by atoms with van der Waals surface area (Å²) in [6.45, 7) is 3.83. The van der Waals surface area contributed by atoms with Crippen LogP contribution in [0.1, 0.15) is 46.0 Å². The summed E-state index contributed by atoms with van der Waals surface area (Å²) in [6.07, 6.45) is 8.51. The first-order chi connectivity index (χ1) is 8.49. The lowest BCUT2D eigenvalue weighted by molar-refractivity contribution is -0.0122. The van der Waals surface area contributed by atoms with E-state index < -0.39 is 5.60 Å². The van der Waals surface area contributed by atoms with Gasteiger partial charge in [-0.3, -0.25) is 0 Å². The number of hydrogen-bond acceptors (Lipinski definition) is 3. The molecule has 1 rings (SSSR count). The number of hydrogen-bond donors (Lipinski definition) is 3. The van der Waals surface area contributed by atoms with Gasteiger partial charge in [0.05, 0.1) is 18.8 Å². The molecule has 0 heterocycles. The number of rotatable bonds is 6. The molecule has 104 valence electrons. The normalized spacial score (nSPS) is 23.2. The summed E-state index contributed by atoms with van der Waals surface area (Å²) in [5, 5.41) is 28.4. The molecule has 0 bridgehead atoms. The van der Waals surface area contributed by atoms with Gasteiger partial charge in [-0.1, -0.05) is 17.7 Å². The van der Waals surface area contributed by atoms with Crippen LogP contribution >= 0.6 is 0 Å². The molecule has 0 saturated carbocycles. The van der Waals surface area contributed by atoms with Crippen molar-refractivity contribution in [3.8, 4) is 0 Å². The SMILES string of the molecule is CC1=CC[C@@H]([C@](C)(O)CCC=C(CO)CO)CC1. The maximum atomic E-state index is 10.5. The lowest BCUT2D eigenvalue weighted by Crippen LogP contribution is -2.35. The second-order valence-electron chi connectivity index (χ2n) is 5.60. The number of aliphatic hydroxyl groups excluding tert-OH is 2. The van der Waals surface area contributed by atoms with Gasteiger partial charge in [0.2, 0.25) is 0 Å². The maximum absolute atomic E-state index is 10.5. The third kappa shape index (κ3) is 4.56. The van der Waals surface area contributed by atoms with E-state index in [-0.39, 0.29) is 13.2 Å². The molecule has 0 saturated heterocycles. The molecule has 1 aliphatic rings. The minimum Gasteiger partial charge on any atom is -0.392 e. The Bertz CT molecular complexity index is 310. The fourth-order valence-corrected chi connectivity index (χ4v) is 2.48. The molecule has 2 atom stereocenters. The van der Waals surface area contributed by atoms with Crippen LogP contribution in [0, 0.1) is 5.92 Å². The van der Waals surface area contributed by atoms with Crippen LogP contribution in [-0.4, -0.2) is 34.1 Å². The van der Waals surface area contributed by atoms with Crippen LogP contribution in [0.25, 0.3) is 0 Å². The van der Waals surface area contributed by atoms with E-state index >= 15 is 0 Å². The largest absolute Gasteiger partial charge is 0.392 e. The van der Waals surface area contributed by atoms with Gasteiger partial charge in [0.25, 0.3) is 0 Å². The van der Waals surface area contributed by atoms with Crippen molar-refractivity contribution in [2.24, 2.45) is 5.92 Å². The Morgan fingerprint density at radius 3 is 2.61 bits per heavy atom. The lowest BCUT2D eigenvalue weighted by atomic mass is 9.76. The van der Waals surface area contributed by atoms with Gasteiger partial charge in [0.15, 0.2) is 0 Å². The van der Waals surface area contributed by atoms with Gasteiger partial charge in [-0.25, -0.2) is 0 Å². The topological polar surface area (TPSA) is 60.7 Å². The van der Waals surface area contributed by atoms with Crippen LogP contribution in [0.3, 0.4) is 0 Å². The van der Waals surface area contributed by atoms with Gasteiger partial charge in [0.1, 0.15) is 0 Å². The van der Waals surface area contributed by atoms with Crippen LogP contribution in [0.2, 0.25) is 0 Å². The summed E-state index contributed by atoms with van der Waals surface area (Å²) in [7, 11) is 0. The molecule has 3 N–H and O–H groups in total. The van der Waals surface area contributed by atoms with E-state index in [2.05, 4.69) is 13.0 Å². The van der Waals surface area contributed by atoms with E-state index in [9.17, 15) is 5.11 Å². The summed E-state index contributed by atoms with van der Waals surface area (Å²) in [5.74, 6) is 0.321. The van der Waals surface area contributed by atoms with E-state index in [1.54, 1.807) is 0 Å². The first-order valence-corrected chi connectivity index (χ1v) is 6.77. The highest BCUT2D eigenvalue weighted by molar-refractivity contribution is 5.07. The van der Waals surface area contributed by atoms with E-state index in [1.165, 1.54) is 5.57 Å². The predicted octanol–water partition coefficient (Wildman–Crippen LogP) is 2.17. The smallest absolute Gasteiger partial charge is 0.0663 e. The van der Waals surface area contributed by atoms with Crippen molar-refractivity contribution < 1.29 is 15.3 Å². The van der Waals surface area contributed by atoms with Gasteiger partial charge in [-0.2, -0.15) is 0 Å². The highest BCUT2D eigenvalue weighted by Crippen LogP contribution is 2.34. The molecule has 0 unspecified atom stereocenters. The molecular weight excluding hydrogens is 228 g/mol. The van der Waals surface area contributed by atoms with Gasteiger partial charge < -0.3 is 15.3 Å². The van der Waals surface area contributed by atoms with Crippen molar-refractivity contribution in [1.29, 1.82) is 0 Å². The molecule has 3 nitrogen and oxygen atoms in total. The molecular formula is C15H26O3. The zero-order valence-corrected chi connectivity index (χ0v) is 11.5. The van der Waals surface area contributed by atoms with Crippen molar-refractivity contribution in [2.45, 2.75) is 51.6 Å². The molecule has 0 amide bonds. The second kappa shape index (κ2) is 7.07. The summed E-state index contributed by atoms with van der Waals surface area (Å²) in [4.78, 5) is 0. The van der Waals surface area contributed by atoms with E-state index in [0.717, 1.165) is 19.3 Å². The van der Waals surface area contributed by atoms with Gasteiger partial charge in [0, 0.05) is 0 Å². The fourth-order valence-electron chi connectivity index (χ4n) is 2.48. The standard InChI is InChI=1S/C15H26O3/c1-12-5-7-14(8-6-12)15(2,18)9-3-4-13(10-16)11-17/h4-5,14,16-18H,3,6-11H2,1-2H3/t14-,15-/m1/s1. The third-order valence-electron chi connectivity index (χ3n) is 4.01. The average Bonchev–Trinajstić information content (AvgIpc) is 2.35. The second-order valence-corrected chi connectivity index (χ2v) is 5.60. The summed E-state index contributed by atoms with van der Waals surface area (Å²) in [6, 6.07) is 0. The molecule has 0 aromatic carbocycles. The zero-order valence-electron chi connectivity index (χ0n) is 11.5. The van der Waals surface area contributed by atoms with Crippen molar-refractivity contribution >= 4 is 0 Å². The molecule has 0 fully saturated rings. The fraction of sp³-hybridized carbons (Fsp3) is 0.733. The Kier molecular flexibility index (Phi) is 6.06. The Balaban J connectivity index is 2.47. The molecule has 0 spiro atoms. The van der Waals surface area contributed by atoms with E-state index in [0.29, 0.717) is 24.3 Å². The first-order valence-electron chi connectivity index (χ1n) is 6.77. The Hall–Kier alpha value is -0.640. The van der Waals surface area contributed by atoms with Crippen LogP contribution in [-0.2, 0) is 0 Å². The minimum atomic E-state index is -0.663. The molecule has 18 heavy (non-hydrogen) atoms. The van der Waals surface area contributed by atoms with Gasteiger partial charge >= 0.3 is 0 Å². The summed E-state index contributed by atoms with van der Waals surface area (Å²) >= 11 is 0. The van der Waals surface area contributed by atoms with Crippen LogP contribution in [0.4, 0.5) is 0 Å². The van der Waals surface area contributed by atoms with Crippen molar-refractivity contribution in [1.82, 2.24) is 0 Å². The lowest BCUT2D eigenvalue weighted by Gasteiger charge is -2.34. The van der Waals surface area contributed by atoms with E-state index in [4.69, 9.17) is 10.2 Å². The quantitative estimate of drug-likeness (QED) is 0.637. The highest BCUT2D eigenvalue weighted by Gasteiger charge is 2.31. The van der Waals surface area contributed by atoms with Crippen molar-refractivity contribution in [2.75, 3.05) is 13.2 Å². The Morgan fingerprint density at radius 1 is 1.44 bits per heavy atom. The molecule has 1 aliphatic carbocycles. The van der Waals surface area contributed by atoms with Crippen molar-refractivity contribution in [3.63, 3.8) is 0 Å². The Labute approximate surface area is 110 Å². The number of aliphatic hydroxyl groups is 3. The van der Waals surface area contributed by atoms with E-state index in [1.807, 2.05) is 13.0 Å². The molecule has 0 radical (unpaired) electrons. The summed E-state index contributed by atoms with van der Waals surface area (Å²) in [5.41, 5.74) is 1.39. The van der Waals surface area contributed by atoms with Gasteiger partial charge in [-0.05, 0) is 57.4 Å². The first kappa shape index (κ1) is 15.4. The molecule has 0 aromatic heterocycles. The third-order valence-corrected chi connectivity index (χ3v) is 4.01. The molecule has 3 heteroatoms. The minimum absolute atomic E-state index is 0.107.